The van der Waals surface area contributed by atoms with E-state index in [1.165, 1.54) is 13.8 Å². The summed E-state index contributed by atoms with van der Waals surface area (Å²) in [6.07, 6.45) is -1.16. The van der Waals surface area contributed by atoms with Crippen LogP contribution in [0.1, 0.15) is 87.5 Å². The molecule has 0 bridgehead atoms. The highest BCUT2D eigenvalue weighted by atomic mass is 16.4. The van der Waals surface area contributed by atoms with Crippen molar-refractivity contribution in [3.05, 3.63) is 0 Å². The molecule has 0 saturated heterocycles. The predicted octanol–water partition coefficient (Wildman–Crippen LogP) is -2.90. The van der Waals surface area contributed by atoms with Crippen LogP contribution in [-0.2, 0) is 38.4 Å². The van der Waals surface area contributed by atoms with Crippen LogP contribution in [-0.4, -0.2) is 118 Å². The van der Waals surface area contributed by atoms with E-state index in [0.29, 0.717) is 6.42 Å². The highest BCUT2D eigenvalue weighted by molar-refractivity contribution is 5.97. The molecule has 7 amide bonds. The first-order chi connectivity index (χ1) is 24.0. The van der Waals surface area contributed by atoms with Crippen LogP contribution in [0, 0.1) is 17.8 Å². The van der Waals surface area contributed by atoms with Gasteiger partial charge in [-0.15, -0.1) is 0 Å². The number of aliphatic carboxylic acids is 1. The lowest BCUT2D eigenvalue weighted by Crippen LogP contribution is -2.60. The van der Waals surface area contributed by atoms with Crippen LogP contribution >= 0.6 is 0 Å². The van der Waals surface area contributed by atoms with Gasteiger partial charge in [-0.25, -0.2) is 4.79 Å². The molecule has 9 atom stereocenters. The Morgan fingerprint density at radius 3 is 1.54 bits per heavy atom. The lowest BCUT2D eigenvalue weighted by atomic mass is 9.96. The molecule has 0 radical (unpaired) electrons. The number of nitrogens with one attached hydrogen (secondary N) is 6. The highest BCUT2D eigenvalue weighted by Gasteiger charge is 2.34. The Morgan fingerprint density at radius 2 is 1.08 bits per heavy atom. The van der Waals surface area contributed by atoms with Gasteiger partial charge in [0.05, 0.1) is 12.7 Å². The van der Waals surface area contributed by atoms with Crippen molar-refractivity contribution in [3.63, 3.8) is 0 Å². The molecule has 298 valence electrons. The number of nitrogens with two attached hydrogens (primary N) is 2. The molecule has 0 unspecified atom stereocenters. The molecule has 0 aromatic carbocycles. The summed E-state index contributed by atoms with van der Waals surface area (Å²) < 4.78 is 0. The Kier molecular flexibility index (Phi) is 21.3. The van der Waals surface area contributed by atoms with Gasteiger partial charge in [0.15, 0.2) is 0 Å². The molecule has 0 aliphatic heterocycles. The summed E-state index contributed by atoms with van der Waals surface area (Å²) >= 11 is 0. The fourth-order valence-electron chi connectivity index (χ4n) is 4.80. The van der Waals surface area contributed by atoms with Crippen LogP contribution in [0.2, 0.25) is 0 Å². The predicted molar refractivity (Wildman–Crippen MR) is 188 cm³/mol. The monoisotopic (exact) mass is 744 g/mol. The third-order valence-electron chi connectivity index (χ3n) is 8.16. The second kappa shape index (κ2) is 23.3. The summed E-state index contributed by atoms with van der Waals surface area (Å²) in [6.45, 7) is 12.2. The van der Waals surface area contributed by atoms with E-state index >= 15 is 0 Å². The van der Waals surface area contributed by atoms with E-state index in [1.807, 2.05) is 0 Å². The average Bonchev–Trinajstić information content (AvgIpc) is 3.05. The number of carboxylic acid groups (broad SMARTS) is 1. The van der Waals surface area contributed by atoms with Crippen LogP contribution in [0.3, 0.4) is 0 Å². The third kappa shape index (κ3) is 17.2. The minimum atomic E-state index is -1.59. The number of carbonyl (C=O) groups is 8. The molecule has 13 N–H and O–H groups in total. The molecule has 19 heteroatoms. The smallest absolute Gasteiger partial charge is 0.326 e. The van der Waals surface area contributed by atoms with Crippen LogP contribution < -0.4 is 43.4 Å². The molecule has 0 spiro atoms. The van der Waals surface area contributed by atoms with Gasteiger partial charge in [-0.2, -0.15) is 0 Å². The van der Waals surface area contributed by atoms with Gasteiger partial charge in [-0.1, -0.05) is 48.0 Å². The van der Waals surface area contributed by atoms with E-state index in [-0.39, 0.29) is 37.5 Å². The molecule has 0 aromatic heterocycles. The number of carbonyl (C=O) groups excluding carboxylic acids is 7. The first kappa shape index (κ1) is 47.6. The number of hydrogen-bond acceptors (Lipinski definition) is 11. The van der Waals surface area contributed by atoms with E-state index < -0.39 is 108 Å². The van der Waals surface area contributed by atoms with Crippen molar-refractivity contribution >= 4 is 47.3 Å². The molecule has 0 heterocycles. The Balaban J connectivity index is 5.85. The second-order valence-electron chi connectivity index (χ2n) is 13.9. The summed E-state index contributed by atoms with van der Waals surface area (Å²) in [5.74, 6) is -7.86. The maximum Gasteiger partial charge on any atom is 0.326 e. The fourth-order valence-corrected chi connectivity index (χ4v) is 4.80. The van der Waals surface area contributed by atoms with Crippen molar-refractivity contribution in [2.45, 2.75) is 136 Å². The van der Waals surface area contributed by atoms with Crippen molar-refractivity contribution in [2.24, 2.45) is 29.2 Å². The number of hydrogen-bond donors (Lipinski definition) is 11. The molecule has 0 rings (SSSR count). The van der Waals surface area contributed by atoms with Gasteiger partial charge in [-0.05, 0) is 50.9 Å². The van der Waals surface area contributed by atoms with E-state index in [1.54, 1.807) is 41.5 Å². The van der Waals surface area contributed by atoms with Gasteiger partial charge >= 0.3 is 5.97 Å². The summed E-state index contributed by atoms with van der Waals surface area (Å²) in [5, 5.41) is 43.6. The molecule has 0 saturated carbocycles. The lowest BCUT2D eigenvalue weighted by molar-refractivity contribution is -0.143. The lowest BCUT2D eigenvalue weighted by Gasteiger charge is -2.28. The van der Waals surface area contributed by atoms with Crippen molar-refractivity contribution in [3.8, 4) is 0 Å². The number of aliphatic hydroxyl groups excluding tert-OH is 2. The number of aliphatic hydroxyl groups is 2. The topological polar surface area (TPSA) is 321 Å². The van der Waals surface area contributed by atoms with E-state index in [9.17, 15) is 53.7 Å². The zero-order valence-electron chi connectivity index (χ0n) is 31.4. The standard InChI is InChI=1S/C33H60N8O11/c1-9-17(6)26(32(50)39-22(33(51)52)13-16(4)5)41-30(48)23(14-42)40-27(45)18(7)36-28(46)20(10-11-24(34)44)37-29(47)21(12-15(2)3)38-31(49)25(35)19(8)43/h15-23,25-26,42-43H,9-14,35H2,1-8H3,(H2,34,44)(H,36,46)(H,37,47)(H,38,49)(H,39,50)(H,40,45)(H,41,48)(H,51,52)/t17-,18-,19+,20-,21-,22-,23-,25-,26-/m0/s1. The number of amides is 7. The minimum absolute atomic E-state index is 0.0560. The normalized spacial score (nSPS) is 16.5. The quantitative estimate of drug-likeness (QED) is 0.0474. The van der Waals surface area contributed by atoms with Crippen LogP contribution in [0.25, 0.3) is 0 Å². The molecule has 0 aliphatic carbocycles. The average molecular weight is 745 g/mol. The molecule has 52 heavy (non-hydrogen) atoms. The number of primary amides is 1. The zero-order valence-corrected chi connectivity index (χ0v) is 31.4. The second-order valence-corrected chi connectivity index (χ2v) is 13.9. The zero-order chi connectivity index (χ0) is 40.5. The van der Waals surface area contributed by atoms with E-state index in [0.717, 1.165) is 0 Å². The van der Waals surface area contributed by atoms with Gasteiger partial charge in [-0.3, -0.25) is 33.6 Å². The van der Waals surface area contributed by atoms with Gasteiger partial charge in [0.1, 0.15) is 42.3 Å². The van der Waals surface area contributed by atoms with E-state index in [2.05, 4.69) is 31.9 Å². The van der Waals surface area contributed by atoms with Crippen molar-refractivity contribution in [1.29, 1.82) is 0 Å². The molecule has 0 fully saturated rings. The Hall–Kier alpha value is -4.36. The molecule has 0 aliphatic rings. The fraction of sp³-hybridized carbons (Fsp3) is 0.758. The van der Waals surface area contributed by atoms with Crippen molar-refractivity contribution in [2.75, 3.05) is 6.61 Å². The van der Waals surface area contributed by atoms with Crippen molar-refractivity contribution < 1.29 is 53.7 Å². The van der Waals surface area contributed by atoms with E-state index in [4.69, 9.17) is 11.5 Å². The third-order valence-corrected chi connectivity index (χ3v) is 8.16. The molecule has 19 nitrogen and oxygen atoms in total. The number of carboxylic acids is 1. The summed E-state index contributed by atoms with van der Waals surface area (Å²) in [5.41, 5.74) is 10.9. The maximum absolute atomic E-state index is 13.3. The Morgan fingerprint density at radius 1 is 0.615 bits per heavy atom. The highest BCUT2D eigenvalue weighted by Crippen LogP contribution is 2.12. The minimum Gasteiger partial charge on any atom is -0.480 e. The molecular weight excluding hydrogens is 684 g/mol. The van der Waals surface area contributed by atoms with Crippen LogP contribution in [0.15, 0.2) is 0 Å². The van der Waals surface area contributed by atoms with Crippen LogP contribution in [0.5, 0.6) is 0 Å². The van der Waals surface area contributed by atoms with Crippen molar-refractivity contribution in [1.82, 2.24) is 31.9 Å². The summed E-state index contributed by atoms with van der Waals surface area (Å²) in [6, 6.07) is -9.30. The largest absolute Gasteiger partial charge is 0.480 e. The Bertz CT molecular complexity index is 1250. The van der Waals surface area contributed by atoms with Gasteiger partial charge in [0.2, 0.25) is 41.4 Å². The van der Waals surface area contributed by atoms with Gasteiger partial charge in [0.25, 0.3) is 0 Å². The number of rotatable bonds is 24. The first-order valence-electron chi connectivity index (χ1n) is 17.4. The SMILES string of the molecule is CC[C@H](C)[C@H](NC(=O)[C@H](CO)NC(=O)[C@H](C)NC(=O)[C@H](CCC(N)=O)NC(=O)[C@H](CC(C)C)NC(=O)[C@@H](N)[C@@H](C)O)C(=O)N[C@@H](CC(C)C)C(=O)O. The maximum atomic E-state index is 13.3. The summed E-state index contributed by atoms with van der Waals surface area (Å²) in [4.78, 5) is 102. The van der Waals surface area contributed by atoms with Gasteiger partial charge in [0, 0.05) is 6.42 Å². The molecular formula is C33H60N8O11. The Labute approximate surface area is 304 Å². The van der Waals surface area contributed by atoms with Gasteiger partial charge < -0.3 is 58.7 Å². The first-order valence-corrected chi connectivity index (χ1v) is 17.4. The van der Waals surface area contributed by atoms with Crippen LogP contribution in [0.4, 0.5) is 0 Å². The molecule has 0 aromatic rings. The summed E-state index contributed by atoms with van der Waals surface area (Å²) in [7, 11) is 0.